The van der Waals surface area contributed by atoms with Gasteiger partial charge in [0.15, 0.2) is 0 Å². The predicted octanol–water partition coefficient (Wildman–Crippen LogP) is 3.02. The van der Waals surface area contributed by atoms with Crippen molar-refractivity contribution in [3.05, 3.63) is 35.4 Å². The van der Waals surface area contributed by atoms with Gasteiger partial charge >= 0.3 is 0 Å². The molecule has 4 nitrogen and oxygen atoms in total. The van der Waals surface area contributed by atoms with E-state index in [0.717, 1.165) is 45.7 Å². The van der Waals surface area contributed by atoms with Crippen molar-refractivity contribution in [2.75, 3.05) is 52.1 Å². The average molecular weight is 362 g/mol. The van der Waals surface area contributed by atoms with Gasteiger partial charge in [0.1, 0.15) is 5.37 Å². The number of thioether (sulfide) groups is 1. The Bertz CT molecular complexity index is 567. The van der Waals surface area contributed by atoms with Crippen LogP contribution >= 0.6 is 11.8 Å². The molecule has 1 unspecified atom stereocenters. The molecule has 1 aromatic carbocycles. The van der Waals surface area contributed by atoms with E-state index in [1.165, 1.54) is 11.1 Å². The number of carbonyl (C=O) groups is 1. The molecule has 0 bridgehead atoms. The van der Waals surface area contributed by atoms with Crippen molar-refractivity contribution in [3.63, 3.8) is 0 Å². The highest BCUT2D eigenvalue weighted by Gasteiger charge is 2.32. The average Bonchev–Trinajstić information content (AvgIpc) is 2.98. The van der Waals surface area contributed by atoms with Crippen molar-refractivity contribution in [1.29, 1.82) is 0 Å². The van der Waals surface area contributed by atoms with Gasteiger partial charge < -0.3 is 14.7 Å². The van der Waals surface area contributed by atoms with Crippen molar-refractivity contribution in [3.8, 4) is 0 Å². The van der Waals surface area contributed by atoms with Crippen LogP contribution in [0.15, 0.2) is 24.3 Å². The smallest absolute Gasteiger partial charge is 0.233 e. The van der Waals surface area contributed by atoms with Crippen molar-refractivity contribution in [1.82, 2.24) is 14.7 Å². The summed E-state index contributed by atoms with van der Waals surface area (Å²) in [6.45, 7) is 11.0. The fourth-order valence-corrected chi connectivity index (χ4v) is 4.77. The summed E-state index contributed by atoms with van der Waals surface area (Å²) >= 11 is 1.77. The number of piperazine rings is 1. The van der Waals surface area contributed by atoms with E-state index in [9.17, 15) is 4.79 Å². The maximum atomic E-state index is 12.3. The van der Waals surface area contributed by atoms with Gasteiger partial charge in [-0.2, -0.15) is 0 Å². The van der Waals surface area contributed by atoms with E-state index in [1.54, 1.807) is 11.8 Å². The third kappa shape index (κ3) is 4.78. The summed E-state index contributed by atoms with van der Waals surface area (Å²) in [5.41, 5.74) is 2.62. The van der Waals surface area contributed by atoms with Crippen LogP contribution in [0.1, 0.15) is 42.7 Å². The van der Waals surface area contributed by atoms with E-state index >= 15 is 0 Å². The summed E-state index contributed by atoms with van der Waals surface area (Å²) in [6.07, 6.45) is 1.07. The molecule has 2 saturated heterocycles. The molecule has 25 heavy (non-hydrogen) atoms. The first-order chi connectivity index (χ1) is 12.0. The first-order valence-corrected chi connectivity index (χ1v) is 10.5. The van der Waals surface area contributed by atoms with Gasteiger partial charge in [0.25, 0.3) is 0 Å². The number of amides is 1. The highest BCUT2D eigenvalue weighted by Crippen LogP contribution is 2.38. The maximum absolute atomic E-state index is 12.3. The zero-order valence-corrected chi connectivity index (χ0v) is 16.6. The molecule has 2 aliphatic rings. The molecule has 2 heterocycles. The van der Waals surface area contributed by atoms with Gasteiger partial charge in [-0.15, -0.1) is 11.8 Å². The molecule has 1 amide bonds. The van der Waals surface area contributed by atoms with Gasteiger partial charge in [-0.05, 0) is 37.1 Å². The van der Waals surface area contributed by atoms with Crippen LogP contribution in [0.5, 0.6) is 0 Å². The number of hydrogen-bond acceptors (Lipinski definition) is 4. The largest absolute Gasteiger partial charge is 0.326 e. The molecule has 5 heteroatoms. The Morgan fingerprint density at radius 3 is 2.40 bits per heavy atom. The van der Waals surface area contributed by atoms with Crippen LogP contribution in [0.4, 0.5) is 0 Å². The van der Waals surface area contributed by atoms with Gasteiger partial charge in [-0.25, -0.2) is 0 Å². The van der Waals surface area contributed by atoms with Gasteiger partial charge in [0.2, 0.25) is 5.91 Å². The number of rotatable bonds is 6. The van der Waals surface area contributed by atoms with E-state index in [2.05, 4.69) is 59.9 Å². The summed E-state index contributed by atoms with van der Waals surface area (Å²) in [5, 5.41) is 0.196. The topological polar surface area (TPSA) is 26.8 Å². The summed E-state index contributed by atoms with van der Waals surface area (Å²) in [6, 6.07) is 8.84. The van der Waals surface area contributed by atoms with Crippen molar-refractivity contribution in [2.45, 2.75) is 31.6 Å². The second-order valence-electron chi connectivity index (χ2n) is 7.57. The number of hydrogen-bond donors (Lipinski definition) is 0. The molecule has 0 saturated carbocycles. The predicted molar refractivity (Wildman–Crippen MR) is 106 cm³/mol. The second-order valence-corrected chi connectivity index (χ2v) is 8.64. The minimum absolute atomic E-state index is 0.196. The van der Waals surface area contributed by atoms with Gasteiger partial charge in [-0.3, -0.25) is 4.79 Å². The van der Waals surface area contributed by atoms with Crippen molar-refractivity contribution >= 4 is 17.7 Å². The minimum atomic E-state index is 0.196. The maximum Gasteiger partial charge on any atom is 0.233 e. The first-order valence-electron chi connectivity index (χ1n) is 9.46. The third-order valence-corrected chi connectivity index (χ3v) is 6.58. The van der Waals surface area contributed by atoms with Gasteiger partial charge in [0.05, 0.1) is 5.75 Å². The fourth-order valence-electron chi connectivity index (χ4n) is 3.55. The Morgan fingerprint density at radius 2 is 1.76 bits per heavy atom. The highest BCUT2D eigenvalue weighted by atomic mass is 32.2. The molecule has 0 aliphatic carbocycles. The Morgan fingerprint density at radius 1 is 1.08 bits per heavy atom. The molecule has 138 valence electrons. The third-order valence-electron chi connectivity index (χ3n) is 5.33. The van der Waals surface area contributed by atoms with E-state index in [1.807, 2.05) is 0 Å². The zero-order chi connectivity index (χ0) is 17.8. The zero-order valence-electron chi connectivity index (χ0n) is 15.8. The molecule has 0 spiro atoms. The SMILES string of the molecule is CC(C)c1ccc(C2SCC(=O)N2CCCN2CCN(C)CC2)cc1. The van der Waals surface area contributed by atoms with E-state index in [-0.39, 0.29) is 5.37 Å². The van der Waals surface area contributed by atoms with Crippen LogP contribution < -0.4 is 0 Å². The molecule has 0 aromatic heterocycles. The number of benzene rings is 1. The van der Waals surface area contributed by atoms with E-state index in [0.29, 0.717) is 17.6 Å². The van der Waals surface area contributed by atoms with E-state index < -0.39 is 0 Å². The van der Waals surface area contributed by atoms with Crippen LogP contribution in [0, 0.1) is 0 Å². The summed E-state index contributed by atoms with van der Waals surface area (Å²) < 4.78 is 0. The van der Waals surface area contributed by atoms with Crippen LogP contribution in [0.2, 0.25) is 0 Å². The minimum Gasteiger partial charge on any atom is -0.326 e. The number of likely N-dealkylation sites (N-methyl/N-ethyl adjacent to an activating group) is 1. The molecule has 2 aliphatic heterocycles. The number of nitrogens with zero attached hydrogens (tertiary/aromatic N) is 3. The molecule has 0 N–H and O–H groups in total. The van der Waals surface area contributed by atoms with Crippen molar-refractivity contribution < 1.29 is 4.79 Å². The molecule has 1 aromatic rings. The van der Waals surface area contributed by atoms with Gasteiger partial charge in [-0.1, -0.05) is 38.1 Å². The highest BCUT2D eigenvalue weighted by molar-refractivity contribution is 8.00. The summed E-state index contributed by atoms with van der Waals surface area (Å²) in [7, 11) is 2.19. The fraction of sp³-hybridized carbons (Fsp3) is 0.650. The second kappa shape index (κ2) is 8.56. The monoisotopic (exact) mass is 361 g/mol. The lowest BCUT2D eigenvalue weighted by Gasteiger charge is -2.33. The molecule has 1 atom stereocenters. The summed E-state index contributed by atoms with van der Waals surface area (Å²) in [5.74, 6) is 1.46. The Hall–Kier alpha value is -1.04. The molecule has 2 fully saturated rings. The lowest BCUT2D eigenvalue weighted by molar-refractivity contribution is -0.128. The normalized spacial score (nSPS) is 23.0. The molecular weight excluding hydrogens is 330 g/mol. The Labute approximate surface area is 156 Å². The summed E-state index contributed by atoms with van der Waals surface area (Å²) in [4.78, 5) is 19.3. The lowest BCUT2D eigenvalue weighted by Crippen LogP contribution is -2.45. The van der Waals surface area contributed by atoms with Crippen LogP contribution in [-0.4, -0.2) is 72.7 Å². The molecular formula is C20H31N3OS. The van der Waals surface area contributed by atoms with Crippen LogP contribution in [0.3, 0.4) is 0 Å². The van der Waals surface area contributed by atoms with Crippen molar-refractivity contribution in [2.24, 2.45) is 0 Å². The Kier molecular flexibility index (Phi) is 6.42. The molecule has 3 rings (SSSR count). The van der Waals surface area contributed by atoms with Crippen LogP contribution in [-0.2, 0) is 4.79 Å². The lowest BCUT2D eigenvalue weighted by atomic mass is 10.0. The van der Waals surface area contributed by atoms with Crippen LogP contribution in [0.25, 0.3) is 0 Å². The quantitative estimate of drug-likeness (QED) is 0.778. The number of carbonyl (C=O) groups excluding carboxylic acids is 1. The Balaban J connectivity index is 1.54. The van der Waals surface area contributed by atoms with Gasteiger partial charge in [0, 0.05) is 32.7 Å². The molecule has 0 radical (unpaired) electrons. The standard InChI is InChI=1S/C20H31N3OS/c1-16(2)17-5-7-18(8-6-17)20-23(19(24)15-25-20)10-4-9-22-13-11-21(3)12-14-22/h5-8,16,20H,4,9-15H2,1-3H3. The first kappa shape index (κ1) is 18.7. The van der Waals surface area contributed by atoms with E-state index in [4.69, 9.17) is 0 Å².